The number of ether oxygens (including phenoxy) is 1. The van der Waals surface area contributed by atoms with E-state index >= 15 is 0 Å². The van der Waals surface area contributed by atoms with E-state index < -0.39 is 0 Å². The summed E-state index contributed by atoms with van der Waals surface area (Å²) in [5.41, 5.74) is 3.19. The number of nitrogens with zero attached hydrogens (tertiary/aromatic N) is 1. The zero-order chi connectivity index (χ0) is 22.3. The molecule has 5 heteroatoms. The van der Waals surface area contributed by atoms with E-state index in [0.29, 0.717) is 38.4 Å². The van der Waals surface area contributed by atoms with Crippen molar-refractivity contribution >= 4 is 11.8 Å². The number of carbonyl (C=O) groups excluding carboxylic acids is 2. The van der Waals surface area contributed by atoms with E-state index in [1.807, 2.05) is 41.3 Å². The third-order valence-electron chi connectivity index (χ3n) is 6.91. The molecule has 1 aliphatic heterocycles. The zero-order valence-electron chi connectivity index (χ0n) is 19.0. The molecule has 4 rings (SSSR count). The molecule has 0 unspecified atom stereocenters. The second-order valence-electron chi connectivity index (χ2n) is 9.10. The predicted molar refractivity (Wildman–Crippen MR) is 126 cm³/mol. The SMILES string of the molecule is COc1ccccc1-c1ccccc1C[C@H]1CN(C(=O)CC2CCCCC2)CCNC1=O. The topological polar surface area (TPSA) is 58.6 Å². The van der Waals surface area contributed by atoms with Crippen molar-refractivity contribution in [3.8, 4) is 16.9 Å². The van der Waals surface area contributed by atoms with Crippen molar-refractivity contribution in [1.82, 2.24) is 10.2 Å². The Morgan fingerprint density at radius 3 is 2.53 bits per heavy atom. The summed E-state index contributed by atoms with van der Waals surface area (Å²) in [5, 5.41) is 3.03. The molecule has 0 radical (unpaired) electrons. The maximum atomic E-state index is 13.1. The Morgan fingerprint density at radius 2 is 1.75 bits per heavy atom. The molecule has 2 aliphatic rings. The minimum atomic E-state index is -0.260. The Labute approximate surface area is 191 Å². The van der Waals surface area contributed by atoms with Gasteiger partial charge in [-0.1, -0.05) is 61.7 Å². The monoisotopic (exact) mass is 434 g/mol. The van der Waals surface area contributed by atoms with Crippen LogP contribution in [0.1, 0.15) is 44.1 Å². The Morgan fingerprint density at radius 1 is 1.03 bits per heavy atom. The van der Waals surface area contributed by atoms with Crippen molar-refractivity contribution in [3.63, 3.8) is 0 Å². The Hall–Kier alpha value is -2.82. The zero-order valence-corrected chi connectivity index (χ0v) is 19.0. The van der Waals surface area contributed by atoms with Gasteiger partial charge in [0.15, 0.2) is 0 Å². The molecule has 2 aromatic carbocycles. The second-order valence-corrected chi connectivity index (χ2v) is 9.10. The van der Waals surface area contributed by atoms with Crippen molar-refractivity contribution in [2.75, 3.05) is 26.7 Å². The van der Waals surface area contributed by atoms with Crippen LogP contribution in [0.4, 0.5) is 0 Å². The summed E-state index contributed by atoms with van der Waals surface area (Å²) in [6.07, 6.45) is 7.30. The van der Waals surface area contributed by atoms with Gasteiger partial charge in [-0.25, -0.2) is 0 Å². The van der Waals surface area contributed by atoms with Crippen molar-refractivity contribution in [1.29, 1.82) is 0 Å². The summed E-state index contributed by atoms with van der Waals surface area (Å²) in [4.78, 5) is 27.9. The summed E-state index contributed by atoms with van der Waals surface area (Å²) in [7, 11) is 1.68. The Balaban J connectivity index is 1.51. The van der Waals surface area contributed by atoms with Crippen LogP contribution in [0, 0.1) is 11.8 Å². The standard InChI is InChI=1S/C27H34N2O3/c1-32-25-14-8-7-13-24(25)23-12-6-5-11-21(23)18-22-19-29(16-15-28-27(22)31)26(30)17-20-9-3-2-4-10-20/h5-8,11-14,20,22H,2-4,9-10,15-19H2,1H3,(H,28,31)/t22-/m0/s1. The summed E-state index contributed by atoms with van der Waals surface area (Å²) in [5.74, 6) is 1.30. The van der Waals surface area contributed by atoms with E-state index in [2.05, 4.69) is 17.4 Å². The van der Waals surface area contributed by atoms with Gasteiger partial charge in [-0.05, 0) is 42.4 Å². The molecule has 0 spiro atoms. The fourth-order valence-electron chi connectivity index (χ4n) is 5.14. The molecule has 1 saturated heterocycles. The van der Waals surface area contributed by atoms with Crippen LogP contribution >= 0.6 is 0 Å². The van der Waals surface area contributed by atoms with E-state index in [1.165, 1.54) is 19.3 Å². The summed E-state index contributed by atoms with van der Waals surface area (Å²) < 4.78 is 5.57. The number of hydrogen-bond acceptors (Lipinski definition) is 3. The molecule has 170 valence electrons. The lowest BCUT2D eigenvalue weighted by molar-refractivity contribution is -0.133. The number of rotatable bonds is 6. The highest BCUT2D eigenvalue weighted by Gasteiger charge is 2.29. The normalized spacial score (nSPS) is 19.8. The highest BCUT2D eigenvalue weighted by Crippen LogP contribution is 2.33. The van der Waals surface area contributed by atoms with Crippen LogP contribution in [0.5, 0.6) is 5.75 Å². The Bertz CT molecular complexity index is 936. The van der Waals surface area contributed by atoms with Gasteiger partial charge in [-0.2, -0.15) is 0 Å². The molecule has 1 atom stereocenters. The minimum absolute atomic E-state index is 0.0350. The number of amides is 2. The third kappa shape index (κ3) is 5.32. The summed E-state index contributed by atoms with van der Waals surface area (Å²) in [6, 6.07) is 16.1. The van der Waals surface area contributed by atoms with Gasteiger partial charge in [-0.3, -0.25) is 9.59 Å². The molecular formula is C27H34N2O3. The van der Waals surface area contributed by atoms with E-state index in [0.717, 1.165) is 35.3 Å². The Kier molecular flexibility index (Phi) is 7.46. The van der Waals surface area contributed by atoms with E-state index in [9.17, 15) is 9.59 Å². The van der Waals surface area contributed by atoms with Crippen LogP contribution in [0.2, 0.25) is 0 Å². The highest BCUT2D eigenvalue weighted by molar-refractivity contribution is 5.83. The van der Waals surface area contributed by atoms with Gasteiger partial charge in [-0.15, -0.1) is 0 Å². The maximum Gasteiger partial charge on any atom is 0.225 e. The lowest BCUT2D eigenvalue weighted by Crippen LogP contribution is -2.38. The average molecular weight is 435 g/mol. The summed E-state index contributed by atoms with van der Waals surface area (Å²) in [6.45, 7) is 1.61. The van der Waals surface area contributed by atoms with E-state index in [4.69, 9.17) is 4.74 Å². The van der Waals surface area contributed by atoms with E-state index in [-0.39, 0.29) is 17.7 Å². The number of hydrogen-bond donors (Lipinski definition) is 1. The first-order chi connectivity index (χ1) is 15.7. The van der Waals surface area contributed by atoms with Gasteiger partial charge in [0.05, 0.1) is 13.0 Å². The van der Waals surface area contributed by atoms with Gasteiger partial charge < -0.3 is 15.0 Å². The maximum absolute atomic E-state index is 13.1. The van der Waals surface area contributed by atoms with Crippen molar-refractivity contribution in [3.05, 3.63) is 54.1 Å². The molecule has 1 aliphatic carbocycles. The lowest BCUT2D eigenvalue weighted by atomic mass is 9.86. The molecule has 0 bridgehead atoms. The van der Waals surface area contributed by atoms with Gasteiger partial charge in [0.25, 0.3) is 0 Å². The van der Waals surface area contributed by atoms with Crippen LogP contribution in [0.25, 0.3) is 11.1 Å². The second kappa shape index (κ2) is 10.7. The average Bonchev–Trinajstić information content (AvgIpc) is 3.01. The molecule has 2 fully saturated rings. The smallest absolute Gasteiger partial charge is 0.225 e. The first-order valence-electron chi connectivity index (χ1n) is 11.9. The van der Waals surface area contributed by atoms with Crippen LogP contribution in [0.15, 0.2) is 48.5 Å². The van der Waals surface area contributed by atoms with Crippen molar-refractivity contribution in [2.24, 2.45) is 11.8 Å². The van der Waals surface area contributed by atoms with Crippen LogP contribution in [0.3, 0.4) is 0 Å². The van der Waals surface area contributed by atoms with Gasteiger partial charge >= 0.3 is 0 Å². The fourth-order valence-corrected chi connectivity index (χ4v) is 5.14. The minimum Gasteiger partial charge on any atom is -0.496 e. The van der Waals surface area contributed by atoms with Crippen molar-refractivity contribution < 1.29 is 14.3 Å². The number of nitrogens with one attached hydrogen (secondary N) is 1. The molecule has 0 aromatic heterocycles. The first kappa shape index (κ1) is 22.4. The molecule has 1 heterocycles. The number of methoxy groups -OCH3 is 1. The molecule has 5 nitrogen and oxygen atoms in total. The number of para-hydroxylation sites is 1. The van der Waals surface area contributed by atoms with Crippen molar-refractivity contribution in [2.45, 2.75) is 44.9 Å². The molecule has 32 heavy (non-hydrogen) atoms. The third-order valence-corrected chi connectivity index (χ3v) is 6.91. The van der Waals surface area contributed by atoms with Crippen LogP contribution < -0.4 is 10.1 Å². The fraction of sp³-hybridized carbons (Fsp3) is 0.481. The molecule has 1 saturated carbocycles. The molecule has 1 N–H and O–H groups in total. The van der Waals surface area contributed by atoms with E-state index in [1.54, 1.807) is 7.11 Å². The van der Waals surface area contributed by atoms with Crippen LogP contribution in [-0.4, -0.2) is 43.5 Å². The predicted octanol–water partition coefficient (Wildman–Crippen LogP) is 4.45. The van der Waals surface area contributed by atoms with Gasteiger partial charge in [0.1, 0.15) is 5.75 Å². The number of carbonyl (C=O) groups is 2. The number of benzene rings is 2. The quantitative estimate of drug-likeness (QED) is 0.731. The van der Waals surface area contributed by atoms with Gasteiger partial charge in [0.2, 0.25) is 11.8 Å². The molecule has 2 aromatic rings. The first-order valence-corrected chi connectivity index (χ1v) is 11.9. The summed E-state index contributed by atoms with van der Waals surface area (Å²) >= 11 is 0. The molecular weight excluding hydrogens is 400 g/mol. The lowest BCUT2D eigenvalue weighted by Gasteiger charge is -2.27. The highest BCUT2D eigenvalue weighted by atomic mass is 16.5. The van der Waals surface area contributed by atoms with Crippen LogP contribution in [-0.2, 0) is 16.0 Å². The largest absolute Gasteiger partial charge is 0.496 e. The molecule has 2 amide bonds. The van der Waals surface area contributed by atoms with Gasteiger partial charge in [0, 0.05) is 31.6 Å².